The molecule has 4 rings (SSSR count). The van der Waals surface area contributed by atoms with E-state index in [-0.39, 0.29) is 6.03 Å². The summed E-state index contributed by atoms with van der Waals surface area (Å²) in [6.07, 6.45) is 0. The molecule has 2 aromatic rings. The number of piperazine rings is 1. The number of hydrogen-bond donors (Lipinski definition) is 2. The molecule has 0 saturated carbocycles. The van der Waals surface area contributed by atoms with Gasteiger partial charge in [0.25, 0.3) is 0 Å². The third kappa shape index (κ3) is 4.34. The van der Waals surface area contributed by atoms with Crippen molar-refractivity contribution in [3.8, 4) is 0 Å². The zero-order valence-corrected chi connectivity index (χ0v) is 18.0. The van der Waals surface area contributed by atoms with Gasteiger partial charge in [0.1, 0.15) is 0 Å². The summed E-state index contributed by atoms with van der Waals surface area (Å²) in [5.41, 5.74) is 3.57. The minimum Gasteiger partial charge on any atom is -0.466 e. The van der Waals surface area contributed by atoms with Gasteiger partial charge in [-0.25, -0.2) is 9.59 Å². The van der Waals surface area contributed by atoms with Gasteiger partial charge in [0.05, 0.1) is 18.7 Å². The Morgan fingerprint density at radius 3 is 2.53 bits per heavy atom. The number of esters is 1. The van der Waals surface area contributed by atoms with E-state index in [9.17, 15) is 9.59 Å². The number of carbonyl (C=O) groups excluding carboxylic acids is 2. The Morgan fingerprint density at radius 1 is 1.17 bits per heavy atom. The summed E-state index contributed by atoms with van der Waals surface area (Å²) in [5.74, 6) is -0.422. The fourth-order valence-electron chi connectivity index (χ4n) is 3.91. The van der Waals surface area contributed by atoms with E-state index in [0.29, 0.717) is 17.8 Å². The van der Waals surface area contributed by atoms with E-state index in [2.05, 4.69) is 51.6 Å². The molecule has 1 saturated heterocycles. The van der Waals surface area contributed by atoms with Crippen LogP contribution in [0.2, 0.25) is 0 Å². The van der Waals surface area contributed by atoms with Gasteiger partial charge < -0.3 is 20.3 Å². The molecule has 2 amide bonds. The standard InChI is InChI=1S/C22H26N4O3S/c1-15-5-7-16(8-6-15)26-11-9-25(10-12-26)14-17-19(21(27)29-2)20(24-22(28)23-17)18-4-3-13-30-18/h3-8,13,20H,9-12,14H2,1-2H3,(H2,23,24,28). The second-order valence-corrected chi connectivity index (χ2v) is 8.51. The molecule has 0 spiro atoms. The molecule has 1 aromatic carbocycles. The van der Waals surface area contributed by atoms with Crippen molar-refractivity contribution in [1.29, 1.82) is 0 Å². The Balaban J connectivity index is 1.50. The van der Waals surface area contributed by atoms with Gasteiger partial charge in [-0.15, -0.1) is 11.3 Å². The van der Waals surface area contributed by atoms with Crippen LogP contribution in [0.3, 0.4) is 0 Å². The second-order valence-electron chi connectivity index (χ2n) is 7.53. The van der Waals surface area contributed by atoms with Crippen molar-refractivity contribution in [3.05, 3.63) is 63.5 Å². The number of amides is 2. The van der Waals surface area contributed by atoms with Crippen LogP contribution < -0.4 is 15.5 Å². The van der Waals surface area contributed by atoms with Gasteiger partial charge >= 0.3 is 12.0 Å². The first-order chi connectivity index (χ1) is 14.5. The first kappa shape index (κ1) is 20.4. The zero-order valence-electron chi connectivity index (χ0n) is 17.2. The average molecular weight is 427 g/mol. The number of nitrogens with one attached hydrogen (secondary N) is 2. The molecular weight excluding hydrogens is 400 g/mol. The summed E-state index contributed by atoms with van der Waals surface area (Å²) < 4.78 is 5.05. The Hall–Kier alpha value is -2.84. The molecule has 30 heavy (non-hydrogen) atoms. The van der Waals surface area contributed by atoms with Crippen molar-refractivity contribution in [3.63, 3.8) is 0 Å². The molecule has 1 atom stereocenters. The molecule has 0 radical (unpaired) electrons. The highest BCUT2D eigenvalue weighted by molar-refractivity contribution is 7.10. The molecular formula is C22H26N4O3S. The van der Waals surface area contributed by atoms with Crippen LogP contribution >= 0.6 is 11.3 Å². The Kier molecular flexibility index (Phi) is 6.06. The lowest BCUT2D eigenvalue weighted by molar-refractivity contribution is -0.136. The van der Waals surface area contributed by atoms with Gasteiger partial charge in [0.2, 0.25) is 0 Å². The lowest BCUT2D eigenvalue weighted by Crippen LogP contribution is -2.51. The van der Waals surface area contributed by atoms with E-state index >= 15 is 0 Å². The number of urea groups is 1. The minimum atomic E-state index is -0.491. The molecule has 2 aliphatic heterocycles. The van der Waals surface area contributed by atoms with E-state index in [0.717, 1.165) is 31.1 Å². The van der Waals surface area contributed by atoms with Gasteiger partial charge in [0.15, 0.2) is 0 Å². The summed E-state index contributed by atoms with van der Waals surface area (Å²) in [4.78, 5) is 30.4. The normalized spacial score (nSPS) is 20.0. The topological polar surface area (TPSA) is 73.9 Å². The molecule has 1 aromatic heterocycles. The Bertz CT molecular complexity index is 932. The lowest BCUT2D eigenvalue weighted by atomic mass is 10.0. The van der Waals surface area contributed by atoms with Gasteiger partial charge in [-0.2, -0.15) is 0 Å². The van der Waals surface area contributed by atoms with E-state index in [1.54, 1.807) is 0 Å². The quantitative estimate of drug-likeness (QED) is 0.719. The summed E-state index contributed by atoms with van der Waals surface area (Å²) in [6, 6.07) is 11.6. The van der Waals surface area contributed by atoms with E-state index in [4.69, 9.17) is 4.74 Å². The highest BCUT2D eigenvalue weighted by Crippen LogP contribution is 2.31. The SMILES string of the molecule is COC(=O)C1=C(CN2CCN(c3ccc(C)cc3)CC2)NC(=O)NC1c1cccs1. The van der Waals surface area contributed by atoms with Crippen LogP contribution in [0.1, 0.15) is 16.5 Å². The number of aryl methyl sites for hydroxylation is 1. The fraction of sp³-hybridized carbons (Fsp3) is 0.364. The van der Waals surface area contributed by atoms with Gasteiger partial charge in [-0.05, 0) is 30.5 Å². The number of hydrogen-bond acceptors (Lipinski definition) is 6. The van der Waals surface area contributed by atoms with Crippen LogP contribution in [0.15, 0.2) is 53.0 Å². The van der Waals surface area contributed by atoms with Crippen molar-refractivity contribution in [2.45, 2.75) is 13.0 Å². The highest BCUT2D eigenvalue weighted by atomic mass is 32.1. The summed E-state index contributed by atoms with van der Waals surface area (Å²) in [6.45, 7) is 6.07. The van der Waals surface area contributed by atoms with Crippen LogP contribution in [0, 0.1) is 6.92 Å². The summed E-state index contributed by atoms with van der Waals surface area (Å²) in [7, 11) is 1.37. The molecule has 3 heterocycles. The minimum absolute atomic E-state index is 0.297. The number of benzene rings is 1. The van der Waals surface area contributed by atoms with Crippen molar-refractivity contribution in [1.82, 2.24) is 15.5 Å². The van der Waals surface area contributed by atoms with Crippen molar-refractivity contribution < 1.29 is 14.3 Å². The third-order valence-corrected chi connectivity index (χ3v) is 6.48. The molecule has 1 unspecified atom stereocenters. The molecule has 2 aliphatic rings. The average Bonchev–Trinajstić information content (AvgIpc) is 3.29. The molecule has 158 valence electrons. The number of ether oxygens (including phenoxy) is 1. The smallest absolute Gasteiger partial charge is 0.338 e. The molecule has 0 bridgehead atoms. The van der Waals surface area contributed by atoms with Crippen molar-refractivity contribution in [2.75, 3.05) is 44.7 Å². The molecule has 7 nitrogen and oxygen atoms in total. The van der Waals surface area contributed by atoms with E-state index in [1.165, 1.54) is 29.7 Å². The third-order valence-electron chi connectivity index (χ3n) is 5.54. The number of rotatable bonds is 5. The first-order valence-electron chi connectivity index (χ1n) is 10.0. The molecule has 2 N–H and O–H groups in total. The van der Waals surface area contributed by atoms with Crippen LogP contribution in [-0.4, -0.2) is 56.7 Å². The van der Waals surface area contributed by atoms with Gasteiger partial charge in [-0.1, -0.05) is 23.8 Å². The van der Waals surface area contributed by atoms with Crippen LogP contribution in [0.4, 0.5) is 10.5 Å². The van der Waals surface area contributed by atoms with E-state index in [1.807, 2.05) is 17.5 Å². The number of carbonyl (C=O) groups is 2. The van der Waals surface area contributed by atoms with Gasteiger partial charge in [0, 0.05) is 49.0 Å². The maximum absolute atomic E-state index is 12.6. The maximum Gasteiger partial charge on any atom is 0.338 e. The Labute approximate surface area is 180 Å². The van der Waals surface area contributed by atoms with Crippen molar-refractivity contribution in [2.24, 2.45) is 0 Å². The van der Waals surface area contributed by atoms with E-state index < -0.39 is 12.0 Å². The summed E-state index contributed by atoms with van der Waals surface area (Å²) in [5, 5.41) is 7.64. The monoisotopic (exact) mass is 426 g/mol. The lowest BCUT2D eigenvalue weighted by Gasteiger charge is -2.37. The summed E-state index contributed by atoms with van der Waals surface area (Å²) >= 11 is 1.51. The van der Waals surface area contributed by atoms with Crippen LogP contribution in [0.5, 0.6) is 0 Å². The predicted molar refractivity (Wildman–Crippen MR) is 118 cm³/mol. The molecule has 8 heteroatoms. The zero-order chi connectivity index (χ0) is 21.1. The molecule has 1 fully saturated rings. The van der Waals surface area contributed by atoms with Crippen LogP contribution in [0.25, 0.3) is 0 Å². The largest absolute Gasteiger partial charge is 0.466 e. The first-order valence-corrected chi connectivity index (χ1v) is 10.9. The predicted octanol–water partition coefficient (Wildman–Crippen LogP) is 2.66. The fourth-order valence-corrected chi connectivity index (χ4v) is 4.69. The van der Waals surface area contributed by atoms with Crippen molar-refractivity contribution >= 4 is 29.0 Å². The highest BCUT2D eigenvalue weighted by Gasteiger charge is 2.35. The maximum atomic E-state index is 12.6. The van der Waals surface area contributed by atoms with Gasteiger partial charge in [-0.3, -0.25) is 4.90 Å². The van der Waals surface area contributed by atoms with Crippen LogP contribution in [-0.2, 0) is 9.53 Å². The Morgan fingerprint density at radius 2 is 1.90 bits per heavy atom. The number of methoxy groups -OCH3 is 1. The number of anilines is 1. The molecule has 0 aliphatic carbocycles. The second kappa shape index (κ2) is 8.89. The number of thiophene rings is 1. The number of nitrogens with zero attached hydrogens (tertiary/aromatic N) is 2.